The number of nitrogens with zero attached hydrogens (tertiary/aromatic N) is 5. The number of carbonyl (C=O) groups excluding carboxylic acids is 3. The number of imide groups is 1. The summed E-state index contributed by atoms with van der Waals surface area (Å²) in [6.07, 6.45) is 7.00. The number of aromatic nitrogens is 1. The van der Waals surface area contributed by atoms with Gasteiger partial charge in [0, 0.05) is 64.1 Å². The Labute approximate surface area is 252 Å². The van der Waals surface area contributed by atoms with Gasteiger partial charge in [0.25, 0.3) is 0 Å². The van der Waals surface area contributed by atoms with E-state index in [4.69, 9.17) is 4.74 Å². The highest BCUT2D eigenvalue weighted by Gasteiger charge is 2.47. The average Bonchev–Trinajstić information content (AvgIpc) is 3.60. The van der Waals surface area contributed by atoms with Gasteiger partial charge in [-0.2, -0.15) is 0 Å². The Bertz CT molecular complexity index is 1380. The number of pyridine rings is 1. The molecule has 2 aromatic rings. The zero-order chi connectivity index (χ0) is 30.7. The zero-order valence-electron chi connectivity index (χ0n) is 25.3. The second-order valence-electron chi connectivity index (χ2n) is 11.8. The minimum absolute atomic E-state index is 0.0632. The largest absolute Gasteiger partial charge is 0.493 e. The van der Waals surface area contributed by atoms with Crippen molar-refractivity contribution in [2.45, 2.75) is 51.0 Å². The van der Waals surface area contributed by atoms with Crippen molar-refractivity contribution in [3.63, 3.8) is 0 Å². The van der Waals surface area contributed by atoms with Gasteiger partial charge in [-0.05, 0) is 36.1 Å². The lowest BCUT2D eigenvalue weighted by atomic mass is 9.83. The van der Waals surface area contributed by atoms with Crippen molar-refractivity contribution in [1.29, 1.82) is 0 Å². The first-order valence-corrected chi connectivity index (χ1v) is 15.2. The van der Waals surface area contributed by atoms with E-state index in [2.05, 4.69) is 13.0 Å². The van der Waals surface area contributed by atoms with Gasteiger partial charge in [0.2, 0.25) is 11.8 Å². The molecule has 0 spiro atoms. The van der Waals surface area contributed by atoms with Crippen molar-refractivity contribution in [3.05, 3.63) is 53.9 Å². The number of unbranched alkanes of at least 4 members (excludes halogenated alkanes) is 1. The van der Waals surface area contributed by atoms with Crippen LogP contribution in [0.15, 0.2) is 42.7 Å². The number of amides is 4. The third kappa shape index (κ3) is 6.51. The van der Waals surface area contributed by atoms with Crippen LogP contribution in [0.2, 0.25) is 0 Å². The SMILES string of the molecule is CCCCN(C(=O)CN1C[C@H](c2ccc3c(c2)CCO3)C(C(=O)O)[C@@H]1CCN1CCC(=O)N(C)C1=O)c1ccc[n+](C)c1. The number of anilines is 1. The number of hydrogen-bond acceptors (Lipinski definition) is 6. The number of benzene rings is 1. The van der Waals surface area contributed by atoms with Crippen molar-refractivity contribution in [2.75, 3.05) is 51.3 Å². The number of likely N-dealkylation sites (tertiary alicyclic amines) is 1. The van der Waals surface area contributed by atoms with Crippen molar-refractivity contribution >= 4 is 29.5 Å². The summed E-state index contributed by atoms with van der Waals surface area (Å²) in [6.45, 7) is 4.33. The molecule has 230 valence electrons. The van der Waals surface area contributed by atoms with Crippen LogP contribution in [-0.2, 0) is 27.9 Å². The molecule has 4 heterocycles. The molecular formula is C32H42N5O6+. The van der Waals surface area contributed by atoms with Crippen LogP contribution in [0.4, 0.5) is 10.5 Å². The number of fused-ring (bicyclic) bond motifs is 1. The minimum atomic E-state index is -0.920. The standard InChI is InChI=1S/C32H41N5O6/c1-4-5-14-37(24-7-6-13-33(2)19-24)29(39)21-36-20-25(22-8-9-27-23(18-22)12-17-43-27)30(31(40)41)26(36)10-15-35-16-11-28(38)34(3)32(35)42/h6-9,13,18-19,25-26,30H,4-5,10-12,14-17,20-21H2,1-3H3/p+1/t25-,26+,30?/m1/s1. The summed E-state index contributed by atoms with van der Waals surface area (Å²) in [7, 11) is 3.39. The maximum atomic E-state index is 14.0. The van der Waals surface area contributed by atoms with E-state index in [-0.39, 0.29) is 36.7 Å². The van der Waals surface area contributed by atoms with E-state index in [0.29, 0.717) is 39.2 Å². The lowest BCUT2D eigenvalue weighted by Gasteiger charge is -2.34. The van der Waals surface area contributed by atoms with Gasteiger partial charge in [-0.1, -0.05) is 25.5 Å². The maximum absolute atomic E-state index is 14.0. The van der Waals surface area contributed by atoms with Gasteiger partial charge in [0.15, 0.2) is 12.4 Å². The summed E-state index contributed by atoms with van der Waals surface area (Å²) in [4.78, 5) is 58.3. The third-order valence-corrected chi connectivity index (χ3v) is 9.01. The molecule has 11 heteroatoms. The number of carboxylic acids is 1. The zero-order valence-corrected chi connectivity index (χ0v) is 25.3. The molecule has 3 aliphatic rings. The fourth-order valence-corrected chi connectivity index (χ4v) is 6.64. The molecule has 1 aromatic carbocycles. The average molecular weight is 593 g/mol. The molecule has 0 radical (unpaired) electrons. The lowest BCUT2D eigenvalue weighted by molar-refractivity contribution is -0.670. The Morgan fingerprint density at radius 1 is 1.19 bits per heavy atom. The van der Waals surface area contributed by atoms with E-state index in [0.717, 1.165) is 46.7 Å². The Kier molecular flexibility index (Phi) is 9.29. The number of rotatable bonds is 11. The summed E-state index contributed by atoms with van der Waals surface area (Å²) in [5.41, 5.74) is 2.80. The topological polar surface area (TPSA) is 115 Å². The van der Waals surface area contributed by atoms with Crippen LogP contribution in [0.3, 0.4) is 0 Å². The summed E-state index contributed by atoms with van der Waals surface area (Å²) >= 11 is 0. The number of urea groups is 1. The molecule has 3 atom stereocenters. The number of carboxylic acid groups (broad SMARTS) is 1. The highest BCUT2D eigenvalue weighted by atomic mass is 16.5. The molecule has 3 aliphatic heterocycles. The van der Waals surface area contributed by atoms with E-state index in [1.54, 1.807) is 9.80 Å². The first kappa shape index (κ1) is 30.5. The number of carbonyl (C=O) groups is 4. The molecule has 1 N–H and O–H groups in total. The minimum Gasteiger partial charge on any atom is -0.493 e. The summed E-state index contributed by atoms with van der Waals surface area (Å²) in [6, 6.07) is 8.89. The van der Waals surface area contributed by atoms with Crippen LogP contribution in [0.1, 0.15) is 49.7 Å². The van der Waals surface area contributed by atoms with Gasteiger partial charge in [-0.15, -0.1) is 0 Å². The lowest BCUT2D eigenvalue weighted by Crippen LogP contribution is -2.52. The normalized spacial score (nSPS) is 22.1. The monoisotopic (exact) mass is 592 g/mol. The van der Waals surface area contributed by atoms with Gasteiger partial charge in [0.1, 0.15) is 18.5 Å². The predicted molar refractivity (Wildman–Crippen MR) is 159 cm³/mol. The van der Waals surface area contributed by atoms with E-state index in [1.165, 1.54) is 7.05 Å². The molecule has 5 rings (SSSR count). The fourth-order valence-electron chi connectivity index (χ4n) is 6.64. The van der Waals surface area contributed by atoms with Crippen molar-refractivity contribution in [2.24, 2.45) is 13.0 Å². The van der Waals surface area contributed by atoms with Crippen molar-refractivity contribution < 1.29 is 33.6 Å². The molecule has 4 amide bonds. The third-order valence-electron chi connectivity index (χ3n) is 9.01. The van der Waals surface area contributed by atoms with E-state index in [9.17, 15) is 24.3 Å². The fraction of sp³-hybridized carbons (Fsp3) is 0.531. The molecule has 2 saturated heterocycles. The molecule has 11 nitrogen and oxygen atoms in total. The predicted octanol–water partition coefficient (Wildman–Crippen LogP) is 2.42. The van der Waals surface area contributed by atoms with Gasteiger partial charge in [-0.25, -0.2) is 9.36 Å². The number of hydrogen-bond donors (Lipinski definition) is 1. The molecule has 0 bridgehead atoms. The van der Waals surface area contributed by atoms with Gasteiger partial charge in [-0.3, -0.25) is 24.2 Å². The highest BCUT2D eigenvalue weighted by molar-refractivity contribution is 5.96. The van der Waals surface area contributed by atoms with Crippen LogP contribution in [0, 0.1) is 5.92 Å². The van der Waals surface area contributed by atoms with Crippen molar-refractivity contribution in [1.82, 2.24) is 14.7 Å². The van der Waals surface area contributed by atoms with E-state index in [1.807, 2.05) is 53.2 Å². The summed E-state index contributed by atoms with van der Waals surface area (Å²) in [5, 5.41) is 10.6. The summed E-state index contributed by atoms with van der Waals surface area (Å²) < 4.78 is 7.59. The van der Waals surface area contributed by atoms with E-state index >= 15 is 0 Å². The maximum Gasteiger partial charge on any atom is 0.326 e. The molecule has 0 aliphatic carbocycles. The molecule has 1 unspecified atom stereocenters. The molecular weight excluding hydrogens is 550 g/mol. The second-order valence-corrected chi connectivity index (χ2v) is 11.8. The Hall–Kier alpha value is -3.99. The van der Waals surface area contributed by atoms with E-state index < -0.39 is 17.9 Å². The van der Waals surface area contributed by atoms with Crippen molar-refractivity contribution in [3.8, 4) is 5.75 Å². The molecule has 1 aromatic heterocycles. The van der Waals surface area contributed by atoms with Crippen LogP contribution in [-0.4, -0.2) is 96.0 Å². The van der Waals surface area contributed by atoms with Gasteiger partial charge >= 0.3 is 12.0 Å². The smallest absolute Gasteiger partial charge is 0.326 e. The Morgan fingerprint density at radius 3 is 2.74 bits per heavy atom. The summed E-state index contributed by atoms with van der Waals surface area (Å²) in [5.74, 6) is -1.50. The number of ether oxygens (including phenoxy) is 1. The van der Waals surface area contributed by atoms with Gasteiger partial charge < -0.3 is 19.6 Å². The first-order valence-electron chi connectivity index (χ1n) is 15.2. The van der Waals surface area contributed by atoms with Gasteiger partial charge in [0.05, 0.1) is 19.1 Å². The Morgan fingerprint density at radius 2 is 2.00 bits per heavy atom. The van der Waals surface area contributed by atoms with Crippen LogP contribution in [0.5, 0.6) is 5.75 Å². The van der Waals surface area contributed by atoms with Crippen LogP contribution < -0.4 is 14.2 Å². The molecule has 0 saturated carbocycles. The Balaban J connectivity index is 1.43. The highest BCUT2D eigenvalue weighted by Crippen LogP contribution is 2.41. The van der Waals surface area contributed by atoms with Crippen LogP contribution >= 0.6 is 0 Å². The quantitative estimate of drug-likeness (QED) is 0.399. The first-order chi connectivity index (χ1) is 20.7. The molecule has 43 heavy (non-hydrogen) atoms. The number of aryl methyl sites for hydroxylation is 1. The molecule has 2 fully saturated rings. The number of aliphatic carboxylic acids is 1. The second kappa shape index (κ2) is 13.1. The van der Waals surface area contributed by atoms with Crippen LogP contribution in [0.25, 0.3) is 0 Å².